The minimum atomic E-state index is -0.514. The fraction of sp³-hybridized carbons (Fsp3) is 0.200. The minimum absolute atomic E-state index is 0.139. The van der Waals surface area contributed by atoms with E-state index in [0.29, 0.717) is 17.9 Å². The molecule has 158 valence electrons. The molecule has 0 radical (unpaired) electrons. The molecule has 0 aliphatic rings. The molecule has 4 aromatic rings. The highest BCUT2D eigenvalue weighted by Gasteiger charge is 2.15. The highest BCUT2D eigenvalue weighted by molar-refractivity contribution is 5.88. The largest absolute Gasteiger partial charge is 0.462 e. The molecule has 0 aliphatic heterocycles. The average molecular weight is 422 g/mol. The Hall–Kier alpha value is -4.28. The summed E-state index contributed by atoms with van der Waals surface area (Å²) in [5, 5.41) is 4.08. The number of nitrogens with one attached hydrogen (secondary N) is 1. The van der Waals surface area contributed by atoms with Gasteiger partial charge in [0.05, 0.1) is 31.2 Å². The predicted molar refractivity (Wildman–Crippen MR) is 108 cm³/mol. The fourth-order valence-corrected chi connectivity index (χ4v) is 2.95. The summed E-state index contributed by atoms with van der Waals surface area (Å²) in [6.07, 6.45) is 4.28. The van der Waals surface area contributed by atoms with Crippen molar-refractivity contribution < 1.29 is 19.1 Å². The van der Waals surface area contributed by atoms with Crippen LogP contribution in [0.2, 0.25) is 0 Å². The Morgan fingerprint density at radius 2 is 1.97 bits per heavy atom. The molecule has 0 spiro atoms. The Morgan fingerprint density at radius 1 is 1.19 bits per heavy atom. The van der Waals surface area contributed by atoms with Crippen molar-refractivity contribution in [2.24, 2.45) is 0 Å². The summed E-state index contributed by atoms with van der Waals surface area (Å²) in [5.41, 5.74) is 1.24. The molecule has 0 unspecified atom stereocenters. The summed E-state index contributed by atoms with van der Waals surface area (Å²) in [4.78, 5) is 46.6. The second kappa shape index (κ2) is 8.22. The maximum atomic E-state index is 12.5. The van der Waals surface area contributed by atoms with Crippen molar-refractivity contribution in [1.29, 1.82) is 0 Å². The van der Waals surface area contributed by atoms with Crippen LogP contribution < -0.4 is 10.3 Å². The van der Waals surface area contributed by atoms with E-state index in [9.17, 15) is 14.4 Å². The number of ether oxygens (including phenoxy) is 2. The van der Waals surface area contributed by atoms with E-state index in [1.807, 2.05) is 0 Å². The number of carbonyl (C=O) groups is 2. The van der Waals surface area contributed by atoms with E-state index in [0.717, 1.165) is 5.56 Å². The Balaban J connectivity index is 1.65. The van der Waals surface area contributed by atoms with Crippen LogP contribution in [0.25, 0.3) is 17.1 Å². The lowest BCUT2D eigenvalue weighted by molar-refractivity contribution is -0.131. The molecule has 0 amide bonds. The van der Waals surface area contributed by atoms with Crippen LogP contribution in [0.15, 0.2) is 47.8 Å². The standard InChI is InChI=1S/C20H18N6O5/c1-3-30-19(29)14-8-22-26(10-14)20-23-17-16(18(28)24-20)21-11-25(17)9-13-4-6-15(7-5-13)31-12(2)27/h4-8,10-11H,3,9H2,1-2H3,(H,23,24,28). The zero-order valence-electron chi connectivity index (χ0n) is 16.7. The van der Waals surface area contributed by atoms with Gasteiger partial charge in [-0.15, -0.1) is 0 Å². The smallest absolute Gasteiger partial charge is 0.341 e. The van der Waals surface area contributed by atoms with Gasteiger partial charge in [0.2, 0.25) is 5.95 Å². The number of hydrogen-bond acceptors (Lipinski definition) is 8. The Bertz CT molecular complexity index is 1320. The van der Waals surface area contributed by atoms with Gasteiger partial charge >= 0.3 is 11.9 Å². The van der Waals surface area contributed by atoms with Crippen LogP contribution >= 0.6 is 0 Å². The number of imidazole rings is 1. The number of fused-ring (bicyclic) bond motifs is 1. The quantitative estimate of drug-likeness (QED) is 0.365. The molecular weight excluding hydrogens is 404 g/mol. The Kier molecular flexibility index (Phi) is 5.31. The van der Waals surface area contributed by atoms with Crippen molar-refractivity contribution >= 4 is 23.1 Å². The first-order valence-corrected chi connectivity index (χ1v) is 9.39. The molecule has 0 saturated carbocycles. The fourth-order valence-electron chi connectivity index (χ4n) is 2.95. The summed E-state index contributed by atoms with van der Waals surface area (Å²) in [6.45, 7) is 3.67. The lowest BCUT2D eigenvalue weighted by Gasteiger charge is -2.06. The van der Waals surface area contributed by atoms with Crippen LogP contribution in [0.3, 0.4) is 0 Å². The first-order chi connectivity index (χ1) is 14.9. The van der Waals surface area contributed by atoms with Crippen LogP contribution in [0.1, 0.15) is 29.8 Å². The normalized spacial score (nSPS) is 10.9. The van der Waals surface area contributed by atoms with Gasteiger partial charge in [0.15, 0.2) is 11.2 Å². The topological polar surface area (TPSA) is 134 Å². The molecule has 11 nitrogen and oxygen atoms in total. The Morgan fingerprint density at radius 3 is 2.68 bits per heavy atom. The molecule has 0 bridgehead atoms. The third-order valence-electron chi connectivity index (χ3n) is 4.31. The molecule has 31 heavy (non-hydrogen) atoms. The van der Waals surface area contributed by atoms with Crippen molar-refractivity contribution in [3.8, 4) is 11.7 Å². The summed E-state index contributed by atoms with van der Waals surface area (Å²) >= 11 is 0. The van der Waals surface area contributed by atoms with E-state index in [-0.39, 0.29) is 23.6 Å². The van der Waals surface area contributed by atoms with Crippen LogP contribution in [-0.4, -0.2) is 47.8 Å². The molecule has 0 saturated heterocycles. The van der Waals surface area contributed by atoms with Gasteiger partial charge < -0.3 is 14.0 Å². The molecule has 1 N–H and O–H groups in total. The number of aromatic amines is 1. The number of rotatable bonds is 6. The number of aromatic nitrogens is 6. The molecule has 0 fully saturated rings. The molecule has 3 aromatic heterocycles. The molecule has 3 heterocycles. The molecule has 1 aromatic carbocycles. The summed E-state index contributed by atoms with van der Waals surface area (Å²) in [7, 11) is 0. The van der Waals surface area contributed by atoms with Crippen molar-refractivity contribution in [3.63, 3.8) is 0 Å². The van der Waals surface area contributed by atoms with Gasteiger partial charge in [-0.25, -0.2) is 14.5 Å². The average Bonchev–Trinajstić information content (AvgIpc) is 3.37. The molecule has 4 rings (SSSR count). The third-order valence-corrected chi connectivity index (χ3v) is 4.31. The number of carbonyl (C=O) groups excluding carboxylic acids is 2. The SMILES string of the molecule is CCOC(=O)c1cnn(-c2nc3c(ncn3Cc3ccc(OC(C)=O)cc3)c(=O)[nH]2)c1. The summed E-state index contributed by atoms with van der Waals surface area (Å²) in [5.74, 6) is -0.326. The summed E-state index contributed by atoms with van der Waals surface area (Å²) in [6, 6.07) is 6.97. The van der Waals surface area contributed by atoms with E-state index < -0.39 is 17.5 Å². The van der Waals surface area contributed by atoms with Gasteiger partial charge in [0.1, 0.15) is 5.75 Å². The molecule has 0 atom stereocenters. The molecule has 11 heteroatoms. The monoisotopic (exact) mass is 422 g/mol. The van der Waals surface area contributed by atoms with Gasteiger partial charge in [0.25, 0.3) is 5.56 Å². The third kappa shape index (κ3) is 4.20. The van der Waals surface area contributed by atoms with Crippen molar-refractivity contribution in [3.05, 3.63) is 64.5 Å². The lowest BCUT2D eigenvalue weighted by atomic mass is 10.2. The predicted octanol–water partition coefficient (Wildman–Crippen LogP) is 1.46. The van der Waals surface area contributed by atoms with Crippen molar-refractivity contribution in [2.75, 3.05) is 6.61 Å². The van der Waals surface area contributed by atoms with Gasteiger partial charge in [-0.1, -0.05) is 12.1 Å². The van der Waals surface area contributed by atoms with Gasteiger partial charge in [-0.3, -0.25) is 14.6 Å². The first-order valence-electron chi connectivity index (χ1n) is 9.39. The van der Waals surface area contributed by atoms with Crippen LogP contribution in [0, 0.1) is 0 Å². The van der Waals surface area contributed by atoms with Gasteiger partial charge in [-0.05, 0) is 24.6 Å². The van der Waals surface area contributed by atoms with Crippen molar-refractivity contribution in [2.45, 2.75) is 20.4 Å². The highest BCUT2D eigenvalue weighted by Crippen LogP contribution is 2.15. The van der Waals surface area contributed by atoms with Crippen LogP contribution in [0.4, 0.5) is 0 Å². The summed E-state index contributed by atoms with van der Waals surface area (Å²) < 4.78 is 13.0. The van der Waals surface area contributed by atoms with Gasteiger partial charge in [-0.2, -0.15) is 10.1 Å². The zero-order valence-corrected chi connectivity index (χ0v) is 16.7. The van der Waals surface area contributed by atoms with E-state index in [1.54, 1.807) is 35.8 Å². The second-order valence-electron chi connectivity index (χ2n) is 6.57. The number of benzene rings is 1. The number of esters is 2. The zero-order chi connectivity index (χ0) is 22.0. The van der Waals surface area contributed by atoms with E-state index in [1.165, 1.54) is 30.3 Å². The maximum absolute atomic E-state index is 12.5. The number of H-pyrrole nitrogens is 1. The van der Waals surface area contributed by atoms with Gasteiger partial charge in [0, 0.05) is 13.1 Å². The van der Waals surface area contributed by atoms with Crippen molar-refractivity contribution in [1.82, 2.24) is 29.3 Å². The van der Waals surface area contributed by atoms with E-state index in [4.69, 9.17) is 9.47 Å². The second-order valence-corrected chi connectivity index (χ2v) is 6.57. The minimum Gasteiger partial charge on any atom is -0.462 e. The van der Waals surface area contributed by atoms with Crippen LogP contribution in [0.5, 0.6) is 5.75 Å². The van der Waals surface area contributed by atoms with Crippen LogP contribution in [-0.2, 0) is 16.1 Å². The highest BCUT2D eigenvalue weighted by atomic mass is 16.5. The molecule has 0 aliphatic carbocycles. The van der Waals surface area contributed by atoms with E-state index >= 15 is 0 Å². The molecular formula is C20H18N6O5. The number of hydrogen-bond donors (Lipinski definition) is 1. The Labute approximate surface area is 175 Å². The van der Waals surface area contributed by atoms with E-state index in [2.05, 4.69) is 20.1 Å². The number of nitrogens with zero attached hydrogens (tertiary/aromatic N) is 5. The first kappa shape index (κ1) is 20.0. The maximum Gasteiger partial charge on any atom is 0.341 e. The lowest BCUT2D eigenvalue weighted by Crippen LogP contribution is -2.15.